The maximum Gasteiger partial charge on any atom is 0.0530 e. The second kappa shape index (κ2) is 6.47. The molecule has 0 unspecified atom stereocenters. The van der Waals surface area contributed by atoms with Gasteiger partial charge in [-0.25, -0.2) is 0 Å². The van der Waals surface area contributed by atoms with Crippen LogP contribution in [0.1, 0.15) is 30.9 Å². The van der Waals surface area contributed by atoms with Crippen molar-refractivity contribution in [2.45, 2.75) is 38.8 Å². The number of hydrogen-bond acceptors (Lipinski definition) is 3. The minimum absolute atomic E-state index is 0.442. The lowest BCUT2D eigenvalue weighted by atomic mass is 9.99. The van der Waals surface area contributed by atoms with Crippen LogP contribution in [0.2, 0.25) is 0 Å². The van der Waals surface area contributed by atoms with E-state index in [1.807, 2.05) is 7.11 Å². The van der Waals surface area contributed by atoms with Crippen LogP contribution in [-0.4, -0.2) is 44.3 Å². The van der Waals surface area contributed by atoms with E-state index in [-0.39, 0.29) is 0 Å². The number of nitrogens with one attached hydrogen (secondary N) is 1. The largest absolute Gasteiger partial charge is 0.384 e. The van der Waals surface area contributed by atoms with Crippen molar-refractivity contribution in [1.82, 2.24) is 10.2 Å². The molecule has 0 bridgehead atoms. The lowest BCUT2D eigenvalue weighted by molar-refractivity contribution is 0.135. The predicted octanol–water partition coefficient (Wildman–Crippen LogP) is 2.45. The molecule has 3 rings (SSSR count). The number of rotatable bonds is 7. The van der Waals surface area contributed by atoms with Crippen LogP contribution in [-0.2, 0) is 17.7 Å². The normalized spacial score (nSPS) is 21.8. The minimum atomic E-state index is 0.442. The second-order valence-corrected chi connectivity index (χ2v) is 6.97. The first-order valence-corrected chi connectivity index (χ1v) is 8.22. The van der Waals surface area contributed by atoms with Crippen molar-refractivity contribution in [3.05, 3.63) is 35.4 Å². The van der Waals surface area contributed by atoms with Gasteiger partial charge < -0.3 is 10.1 Å². The van der Waals surface area contributed by atoms with Gasteiger partial charge in [0.1, 0.15) is 0 Å². The monoisotopic (exact) mass is 288 g/mol. The van der Waals surface area contributed by atoms with Crippen molar-refractivity contribution < 1.29 is 4.74 Å². The zero-order chi connectivity index (χ0) is 14.7. The highest BCUT2D eigenvalue weighted by Crippen LogP contribution is 2.45. The molecule has 0 saturated heterocycles. The first kappa shape index (κ1) is 15.0. The Morgan fingerprint density at radius 1 is 1.29 bits per heavy atom. The first-order chi connectivity index (χ1) is 10.2. The zero-order valence-electron chi connectivity index (χ0n) is 13.4. The van der Waals surface area contributed by atoms with Crippen LogP contribution in [0.25, 0.3) is 0 Å². The van der Waals surface area contributed by atoms with Crippen LogP contribution in [0.3, 0.4) is 0 Å². The fourth-order valence-electron chi connectivity index (χ4n) is 3.41. The standard InChI is InChI=1S/C18H28N2O/c1-15(19-13-18(8-9-18)14-21-2)11-20-10-7-16-5-3-4-6-17(16)12-20/h3-6,15,19H,7-14H2,1-2H3/t15-/m0/s1. The van der Waals surface area contributed by atoms with E-state index >= 15 is 0 Å². The van der Waals surface area contributed by atoms with Gasteiger partial charge in [-0.05, 0) is 37.3 Å². The average molecular weight is 288 g/mol. The summed E-state index contributed by atoms with van der Waals surface area (Å²) in [6.07, 6.45) is 3.83. The Hall–Kier alpha value is -0.900. The molecule has 1 saturated carbocycles. The molecule has 0 radical (unpaired) electrons. The number of ether oxygens (including phenoxy) is 1. The third-order valence-corrected chi connectivity index (χ3v) is 4.97. The van der Waals surface area contributed by atoms with E-state index in [9.17, 15) is 0 Å². The topological polar surface area (TPSA) is 24.5 Å². The molecule has 0 amide bonds. The SMILES string of the molecule is COCC1(CN[C@@H](C)CN2CCc3ccccc3C2)CC1. The fourth-order valence-corrected chi connectivity index (χ4v) is 3.41. The molecule has 1 heterocycles. The summed E-state index contributed by atoms with van der Waals surface area (Å²) < 4.78 is 5.34. The van der Waals surface area contributed by atoms with E-state index in [0.717, 1.165) is 26.2 Å². The summed E-state index contributed by atoms with van der Waals surface area (Å²) in [5, 5.41) is 3.72. The Bertz CT molecular complexity index is 470. The zero-order valence-corrected chi connectivity index (χ0v) is 13.4. The maximum absolute atomic E-state index is 5.34. The van der Waals surface area contributed by atoms with E-state index in [1.165, 1.54) is 36.9 Å². The molecule has 1 aromatic carbocycles. The highest BCUT2D eigenvalue weighted by molar-refractivity contribution is 5.29. The molecule has 1 atom stereocenters. The first-order valence-electron chi connectivity index (χ1n) is 8.22. The van der Waals surface area contributed by atoms with Crippen LogP contribution < -0.4 is 5.32 Å². The van der Waals surface area contributed by atoms with E-state index in [0.29, 0.717) is 11.5 Å². The molecule has 1 aliphatic carbocycles. The Balaban J connectivity index is 1.45. The lowest BCUT2D eigenvalue weighted by Gasteiger charge is -2.31. The number of fused-ring (bicyclic) bond motifs is 1. The van der Waals surface area contributed by atoms with Gasteiger partial charge in [0.05, 0.1) is 6.61 Å². The van der Waals surface area contributed by atoms with E-state index < -0.39 is 0 Å². The van der Waals surface area contributed by atoms with Crippen molar-refractivity contribution in [3.63, 3.8) is 0 Å². The van der Waals surface area contributed by atoms with Gasteiger partial charge in [-0.15, -0.1) is 0 Å². The van der Waals surface area contributed by atoms with Crippen molar-refractivity contribution in [2.24, 2.45) is 5.41 Å². The van der Waals surface area contributed by atoms with Gasteiger partial charge in [0.25, 0.3) is 0 Å². The molecule has 1 N–H and O–H groups in total. The quantitative estimate of drug-likeness (QED) is 0.834. The molecule has 1 fully saturated rings. The van der Waals surface area contributed by atoms with Gasteiger partial charge in [0.2, 0.25) is 0 Å². The van der Waals surface area contributed by atoms with Gasteiger partial charge in [0, 0.05) is 44.7 Å². The molecule has 2 aliphatic rings. The van der Waals surface area contributed by atoms with Crippen LogP contribution >= 0.6 is 0 Å². The molecular weight excluding hydrogens is 260 g/mol. The van der Waals surface area contributed by atoms with Crippen molar-refractivity contribution >= 4 is 0 Å². The van der Waals surface area contributed by atoms with Crippen LogP contribution in [0.15, 0.2) is 24.3 Å². The van der Waals surface area contributed by atoms with Crippen LogP contribution in [0, 0.1) is 5.41 Å². The van der Waals surface area contributed by atoms with Crippen molar-refractivity contribution in [2.75, 3.05) is 33.4 Å². The van der Waals surface area contributed by atoms with Gasteiger partial charge in [-0.2, -0.15) is 0 Å². The lowest BCUT2D eigenvalue weighted by Crippen LogP contribution is -2.43. The molecular formula is C18H28N2O. The van der Waals surface area contributed by atoms with Gasteiger partial charge in [0.15, 0.2) is 0 Å². The number of benzene rings is 1. The predicted molar refractivity (Wildman–Crippen MR) is 86.4 cm³/mol. The summed E-state index contributed by atoms with van der Waals surface area (Å²) >= 11 is 0. The number of methoxy groups -OCH3 is 1. The van der Waals surface area contributed by atoms with Gasteiger partial charge >= 0.3 is 0 Å². The number of nitrogens with zero attached hydrogens (tertiary/aromatic N) is 1. The number of hydrogen-bond donors (Lipinski definition) is 1. The molecule has 3 nitrogen and oxygen atoms in total. The van der Waals surface area contributed by atoms with Crippen molar-refractivity contribution in [3.8, 4) is 0 Å². The molecule has 3 heteroatoms. The summed E-state index contributed by atoms with van der Waals surface area (Å²) in [4.78, 5) is 2.58. The fraction of sp³-hybridized carbons (Fsp3) is 0.667. The Labute approximate surface area is 128 Å². The Morgan fingerprint density at radius 3 is 2.76 bits per heavy atom. The Morgan fingerprint density at radius 2 is 2.05 bits per heavy atom. The van der Waals surface area contributed by atoms with Crippen molar-refractivity contribution in [1.29, 1.82) is 0 Å². The summed E-state index contributed by atoms with van der Waals surface area (Å²) in [5.41, 5.74) is 3.48. The Kier molecular flexibility index (Phi) is 4.63. The highest BCUT2D eigenvalue weighted by Gasteiger charge is 2.42. The van der Waals surface area contributed by atoms with Crippen LogP contribution in [0.4, 0.5) is 0 Å². The summed E-state index contributed by atoms with van der Waals surface area (Å²) in [5.74, 6) is 0. The third kappa shape index (κ3) is 3.85. The molecule has 1 aliphatic heterocycles. The smallest absolute Gasteiger partial charge is 0.0530 e. The second-order valence-electron chi connectivity index (χ2n) is 6.97. The third-order valence-electron chi connectivity index (χ3n) is 4.97. The summed E-state index contributed by atoms with van der Waals surface area (Å²) in [6.45, 7) is 7.74. The average Bonchev–Trinajstić information content (AvgIpc) is 3.26. The molecule has 0 spiro atoms. The molecule has 0 aromatic heterocycles. The van der Waals surface area contributed by atoms with Gasteiger partial charge in [-0.1, -0.05) is 24.3 Å². The minimum Gasteiger partial charge on any atom is -0.384 e. The van der Waals surface area contributed by atoms with E-state index in [2.05, 4.69) is 41.4 Å². The summed E-state index contributed by atoms with van der Waals surface area (Å²) in [6, 6.07) is 9.41. The maximum atomic E-state index is 5.34. The molecule has 116 valence electrons. The van der Waals surface area contributed by atoms with E-state index in [1.54, 1.807) is 0 Å². The van der Waals surface area contributed by atoms with Crippen LogP contribution in [0.5, 0.6) is 0 Å². The molecule has 21 heavy (non-hydrogen) atoms. The van der Waals surface area contributed by atoms with Gasteiger partial charge in [-0.3, -0.25) is 4.90 Å². The van der Waals surface area contributed by atoms with E-state index in [4.69, 9.17) is 4.74 Å². The molecule has 1 aromatic rings. The summed E-state index contributed by atoms with van der Waals surface area (Å²) in [7, 11) is 1.81. The highest BCUT2D eigenvalue weighted by atomic mass is 16.5.